The molecule has 0 aromatic heterocycles. The minimum atomic E-state index is -5.46. The van der Waals surface area contributed by atoms with Gasteiger partial charge in [-0.15, -0.1) is 0 Å². The molecule has 2 aromatic rings. The van der Waals surface area contributed by atoms with Crippen LogP contribution in [0, 0.1) is 0 Å². The molecule has 0 aliphatic carbocycles. The summed E-state index contributed by atoms with van der Waals surface area (Å²) in [5, 5.41) is 2.57. The van der Waals surface area contributed by atoms with Crippen LogP contribution in [0.4, 0.5) is 18.9 Å². The molecule has 11 heteroatoms. The molecule has 0 atom stereocenters. The maximum atomic E-state index is 12.6. The molecule has 0 unspecified atom stereocenters. The van der Waals surface area contributed by atoms with Gasteiger partial charge in [0.25, 0.3) is 15.7 Å². The molecule has 1 aliphatic rings. The molecule has 1 amide bonds. The monoisotopic (exact) mass is 465 g/mol. The second-order valence-corrected chi connectivity index (χ2v) is 8.20. The van der Waals surface area contributed by atoms with Gasteiger partial charge in [-0.25, -0.2) is 8.42 Å². The Balaban J connectivity index is 1.81. The first-order valence-electron chi connectivity index (χ1n) is 7.41. The first-order chi connectivity index (χ1) is 12.6. The van der Waals surface area contributed by atoms with Gasteiger partial charge in [0.15, 0.2) is 11.5 Å². The predicted molar refractivity (Wildman–Crippen MR) is 92.8 cm³/mol. The summed E-state index contributed by atoms with van der Waals surface area (Å²) in [6.07, 6.45) is 0. The summed E-state index contributed by atoms with van der Waals surface area (Å²) in [5.74, 6) is 0.308. The molecule has 2 aromatic carbocycles. The van der Waals surface area contributed by atoms with E-state index in [1.54, 1.807) is 12.1 Å². The number of hydrogen-bond donors (Lipinski definition) is 1. The maximum absolute atomic E-state index is 12.6. The molecule has 1 aliphatic heterocycles. The van der Waals surface area contributed by atoms with E-state index < -0.39 is 26.1 Å². The fraction of sp³-hybridized carbons (Fsp3) is 0.188. The summed E-state index contributed by atoms with van der Waals surface area (Å²) in [5.41, 5.74) is -5.07. The molecule has 0 saturated carbocycles. The van der Waals surface area contributed by atoms with Crippen molar-refractivity contribution in [2.45, 2.75) is 10.4 Å². The number of benzene rings is 2. The minimum absolute atomic E-state index is 0.0158. The van der Waals surface area contributed by atoms with Crippen molar-refractivity contribution in [1.29, 1.82) is 0 Å². The van der Waals surface area contributed by atoms with Gasteiger partial charge in [0.2, 0.25) is 0 Å². The Kier molecular flexibility index (Phi) is 5.08. The van der Waals surface area contributed by atoms with Crippen LogP contribution >= 0.6 is 15.9 Å². The van der Waals surface area contributed by atoms with Gasteiger partial charge in [-0.2, -0.15) is 13.2 Å². The standard InChI is InChI=1S/C16H11BrF3NO5S/c17-11-7-13-14(26-6-5-25-13)8-12(11)21-15(22)9-1-3-10(4-2-9)27(23,24)16(18,19)20/h1-4,7-8H,5-6H2,(H,21,22). The Morgan fingerprint density at radius 1 is 1.04 bits per heavy atom. The van der Waals surface area contributed by atoms with Crippen LogP contribution in [0.1, 0.15) is 10.4 Å². The zero-order valence-electron chi connectivity index (χ0n) is 13.3. The number of amides is 1. The van der Waals surface area contributed by atoms with E-state index in [1.807, 2.05) is 0 Å². The lowest BCUT2D eigenvalue weighted by atomic mass is 10.2. The highest BCUT2D eigenvalue weighted by Crippen LogP contribution is 2.38. The Morgan fingerprint density at radius 2 is 1.59 bits per heavy atom. The lowest BCUT2D eigenvalue weighted by Crippen LogP contribution is -2.23. The normalized spacial score (nSPS) is 13.9. The Hall–Kier alpha value is -2.27. The second-order valence-electron chi connectivity index (χ2n) is 5.40. The van der Waals surface area contributed by atoms with Gasteiger partial charge < -0.3 is 14.8 Å². The van der Waals surface area contributed by atoms with Crippen LogP contribution in [-0.4, -0.2) is 33.0 Å². The molecule has 0 saturated heterocycles. The Morgan fingerprint density at radius 3 is 2.15 bits per heavy atom. The predicted octanol–water partition coefficient (Wildman–Crippen LogP) is 3.77. The molecular formula is C16H11BrF3NO5S. The third kappa shape index (κ3) is 3.88. The van der Waals surface area contributed by atoms with Crippen LogP contribution in [0.25, 0.3) is 0 Å². The number of rotatable bonds is 3. The third-order valence-corrected chi connectivity index (χ3v) is 5.77. The molecule has 1 N–H and O–H groups in total. The number of fused-ring (bicyclic) bond motifs is 1. The van der Waals surface area contributed by atoms with E-state index in [0.717, 1.165) is 24.3 Å². The summed E-state index contributed by atoms with van der Waals surface area (Å²) in [4.78, 5) is 11.4. The zero-order chi connectivity index (χ0) is 19.8. The maximum Gasteiger partial charge on any atom is 0.501 e. The number of hydrogen-bond acceptors (Lipinski definition) is 5. The van der Waals surface area contributed by atoms with Gasteiger partial charge in [0.1, 0.15) is 13.2 Å². The quantitative estimate of drug-likeness (QED) is 0.745. The summed E-state index contributed by atoms with van der Waals surface area (Å²) in [7, 11) is -5.46. The lowest BCUT2D eigenvalue weighted by molar-refractivity contribution is -0.0436. The number of sulfone groups is 1. The number of carbonyl (C=O) groups excluding carboxylic acids is 1. The molecule has 6 nitrogen and oxygen atoms in total. The van der Waals surface area contributed by atoms with Crippen molar-refractivity contribution < 1.29 is 35.9 Å². The average Bonchev–Trinajstić information content (AvgIpc) is 2.61. The van der Waals surface area contributed by atoms with Crippen LogP contribution in [0.15, 0.2) is 45.8 Å². The summed E-state index contributed by atoms with van der Waals surface area (Å²) >= 11 is 3.28. The van der Waals surface area contributed by atoms with Crippen molar-refractivity contribution >= 4 is 37.4 Å². The van der Waals surface area contributed by atoms with Crippen LogP contribution in [0.2, 0.25) is 0 Å². The van der Waals surface area contributed by atoms with Crippen LogP contribution in [0.3, 0.4) is 0 Å². The number of anilines is 1. The molecule has 3 rings (SSSR count). The molecule has 0 fully saturated rings. The minimum Gasteiger partial charge on any atom is -0.486 e. The van der Waals surface area contributed by atoms with E-state index >= 15 is 0 Å². The van der Waals surface area contributed by atoms with Crippen molar-refractivity contribution in [1.82, 2.24) is 0 Å². The largest absolute Gasteiger partial charge is 0.501 e. The van der Waals surface area contributed by atoms with Crippen molar-refractivity contribution in [2.24, 2.45) is 0 Å². The smallest absolute Gasteiger partial charge is 0.486 e. The Bertz CT molecular complexity index is 990. The van der Waals surface area contributed by atoms with Crippen LogP contribution in [0.5, 0.6) is 11.5 Å². The number of nitrogens with one attached hydrogen (secondary N) is 1. The molecular weight excluding hydrogens is 455 g/mol. The second kappa shape index (κ2) is 7.04. The molecule has 0 bridgehead atoms. The number of alkyl halides is 3. The van der Waals surface area contributed by atoms with Gasteiger partial charge in [-0.05, 0) is 40.2 Å². The van der Waals surface area contributed by atoms with Gasteiger partial charge in [-0.1, -0.05) is 0 Å². The topological polar surface area (TPSA) is 81.7 Å². The van der Waals surface area contributed by atoms with E-state index in [-0.39, 0.29) is 5.56 Å². The number of halogens is 4. The first kappa shape index (κ1) is 19.5. The summed E-state index contributed by atoms with van der Waals surface area (Å²) in [6, 6.07) is 6.62. The van der Waals surface area contributed by atoms with Crippen LogP contribution < -0.4 is 14.8 Å². The summed E-state index contributed by atoms with van der Waals surface area (Å²) < 4.78 is 71.7. The van der Waals surface area contributed by atoms with Gasteiger partial charge in [0, 0.05) is 22.2 Å². The lowest BCUT2D eigenvalue weighted by Gasteiger charge is -2.20. The molecule has 1 heterocycles. The van der Waals surface area contributed by atoms with Gasteiger partial charge in [-0.3, -0.25) is 4.79 Å². The fourth-order valence-electron chi connectivity index (χ4n) is 2.27. The highest BCUT2D eigenvalue weighted by atomic mass is 79.9. The molecule has 0 radical (unpaired) electrons. The zero-order valence-corrected chi connectivity index (χ0v) is 15.7. The highest BCUT2D eigenvalue weighted by molar-refractivity contribution is 9.10. The van der Waals surface area contributed by atoms with Crippen LogP contribution in [-0.2, 0) is 9.84 Å². The van der Waals surface area contributed by atoms with E-state index in [9.17, 15) is 26.4 Å². The van der Waals surface area contributed by atoms with Crippen molar-refractivity contribution in [3.05, 3.63) is 46.4 Å². The van der Waals surface area contributed by atoms with E-state index in [1.165, 1.54) is 0 Å². The SMILES string of the molecule is O=C(Nc1cc2c(cc1Br)OCCO2)c1ccc(S(=O)(=O)C(F)(F)F)cc1. The van der Waals surface area contributed by atoms with Gasteiger partial charge in [0.05, 0.1) is 10.6 Å². The highest BCUT2D eigenvalue weighted by Gasteiger charge is 2.46. The van der Waals surface area contributed by atoms with E-state index in [2.05, 4.69) is 21.2 Å². The average molecular weight is 466 g/mol. The number of ether oxygens (including phenoxy) is 2. The van der Waals surface area contributed by atoms with E-state index in [0.29, 0.717) is 34.9 Å². The number of carbonyl (C=O) groups is 1. The molecule has 0 spiro atoms. The third-order valence-electron chi connectivity index (χ3n) is 3.61. The fourth-order valence-corrected chi connectivity index (χ4v) is 3.46. The van der Waals surface area contributed by atoms with Crippen molar-refractivity contribution in [3.63, 3.8) is 0 Å². The molecule has 144 valence electrons. The van der Waals surface area contributed by atoms with Crippen molar-refractivity contribution in [2.75, 3.05) is 18.5 Å². The van der Waals surface area contributed by atoms with Crippen molar-refractivity contribution in [3.8, 4) is 11.5 Å². The molecule has 27 heavy (non-hydrogen) atoms. The van der Waals surface area contributed by atoms with E-state index in [4.69, 9.17) is 9.47 Å². The Labute approximate surface area is 160 Å². The summed E-state index contributed by atoms with van der Waals surface area (Å²) in [6.45, 7) is 0.759. The van der Waals surface area contributed by atoms with Gasteiger partial charge >= 0.3 is 5.51 Å². The first-order valence-corrected chi connectivity index (χ1v) is 9.69.